The number of hydrogen-bond donors (Lipinski definition) is 0. The lowest BCUT2D eigenvalue weighted by Crippen LogP contribution is -2.43. The van der Waals surface area contributed by atoms with Crippen LogP contribution in [0.3, 0.4) is 0 Å². The van der Waals surface area contributed by atoms with Crippen molar-refractivity contribution in [1.82, 2.24) is 19.2 Å². The number of ether oxygens (including phenoxy) is 1. The van der Waals surface area contributed by atoms with Crippen LogP contribution in [-0.2, 0) is 16.6 Å². The van der Waals surface area contributed by atoms with Gasteiger partial charge in [0.2, 0.25) is 0 Å². The molecule has 1 aromatic carbocycles. The third kappa shape index (κ3) is 4.50. The maximum Gasteiger partial charge on any atom is 0.310 e. The molecule has 4 rings (SSSR count). The summed E-state index contributed by atoms with van der Waals surface area (Å²) in [5, 5.41) is 15.9. The maximum atomic E-state index is 13.6. The molecule has 3 heterocycles. The predicted molar refractivity (Wildman–Crippen MR) is 120 cm³/mol. The Labute approximate surface area is 190 Å². The highest BCUT2D eigenvalue weighted by Crippen LogP contribution is 2.26. The van der Waals surface area contributed by atoms with Crippen LogP contribution in [0.2, 0.25) is 0 Å². The molecule has 1 saturated heterocycles. The molecule has 10 heteroatoms. The van der Waals surface area contributed by atoms with E-state index in [2.05, 4.69) is 5.10 Å². The predicted octanol–water partition coefficient (Wildman–Crippen LogP) is 3.20. The van der Waals surface area contributed by atoms with Gasteiger partial charge in [-0.3, -0.25) is 19.7 Å². The van der Waals surface area contributed by atoms with Crippen LogP contribution in [-0.4, -0.2) is 55.7 Å². The molecular weight excluding hydrogens is 426 g/mol. The number of rotatable bonds is 6. The van der Waals surface area contributed by atoms with E-state index in [1.807, 2.05) is 29.9 Å². The Bertz CT molecular complexity index is 1200. The van der Waals surface area contributed by atoms with Crippen LogP contribution in [0.25, 0.3) is 17.1 Å². The van der Waals surface area contributed by atoms with Gasteiger partial charge in [-0.05, 0) is 44.0 Å². The summed E-state index contributed by atoms with van der Waals surface area (Å²) in [5.41, 5.74) is 1.96. The lowest BCUT2D eigenvalue weighted by Gasteiger charge is -2.31. The number of non-ortho nitro benzene ring substituents is 1. The molecule has 1 aliphatic rings. The van der Waals surface area contributed by atoms with Gasteiger partial charge in [-0.25, -0.2) is 4.68 Å². The zero-order valence-corrected chi connectivity index (χ0v) is 18.5. The van der Waals surface area contributed by atoms with Crippen LogP contribution in [0.5, 0.6) is 0 Å². The minimum atomic E-state index is -0.485. The molecule has 1 amide bonds. The molecule has 0 bridgehead atoms. The van der Waals surface area contributed by atoms with E-state index in [4.69, 9.17) is 4.74 Å². The zero-order valence-electron chi connectivity index (χ0n) is 18.5. The van der Waals surface area contributed by atoms with E-state index in [0.717, 1.165) is 5.69 Å². The first-order chi connectivity index (χ1) is 15.9. The Morgan fingerprint density at radius 3 is 2.76 bits per heavy atom. The number of hydrogen-bond acceptors (Lipinski definition) is 6. The number of aryl methyl sites for hydroxylation is 1. The van der Waals surface area contributed by atoms with Crippen molar-refractivity contribution in [3.05, 3.63) is 64.5 Å². The van der Waals surface area contributed by atoms with E-state index < -0.39 is 4.92 Å². The van der Waals surface area contributed by atoms with Gasteiger partial charge in [-0.1, -0.05) is 6.07 Å². The Kier molecular flexibility index (Phi) is 6.25. The smallest absolute Gasteiger partial charge is 0.310 e. The molecule has 0 aliphatic carbocycles. The van der Waals surface area contributed by atoms with Crippen molar-refractivity contribution in [2.24, 2.45) is 13.0 Å². The number of esters is 1. The number of nitrogens with zero attached hydrogens (tertiary/aromatic N) is 5. The van der Waals surface area contributed by atoms with E-state index in [0.29, 0.717) is 37.4 Å². The second-order valence-electron chi connectivity index (χ2n) is 7.95. The Hall–Kier alpha value is -3.95. The molecule has 1 unspecified atom stereocenters. The van der Waals surface area contributed by atoms with Gasteiger partial charge in [-0.2, -0.15) is 5.10 Å². The van der Waals surface area contributed by atoms with Gasteiger partial charge in [0.25, 0.3) is 11.6 Å². The monoisotopic (exact) mass is 451 g/mol. The molecule has 1 fully saturated rings. The fourth-order valence-corrected chi connectivity index (χ4v) is 4.10. The third-order valence-corrected chi connectivity index (χ3v) is 5.75. The van der Waals surface area contributed by atoms with Crippen LogP contribution in [0.15, 0.2) is 48.7 Å². The van der Waals surface area contributed by atoms with Gasteiger partial charge in [0.05, 0.1) is 28.8 Å². The number of likely N-dealkylation sites (tertiary alicyclic amines) is 1. The first-order valence-electron chi connectivity index (χ1n) is 10.8. The van der Waals surface area contributed by atoms with Crippen molar-refractivity contribution in [3.63, 3.8) is 0 Å². The summed E-state index contributed by atoms with van der Waals surface area (Å²) >= 11 is 0. The lowest BCUT2D eigenvalue weighted by atomic mass is 9.98. The number of nitro benzene ring substituents is 1. The summed E-state index contributed by atoms with van der Waals surface area (Å²) in [5.74, 6) is -0.959. The fourth-order valence-electron chi connectivity index (χ4n) is 4.10. The minimum Gasteiger partial charge on any atom is -0.466 e. The molecule has 0 N–H and O–H groups in total. The molecule has 0 radical (unpaired) electrons. The topological polar surface area (TPSA) is 113 Å². The molecule has 0 saturated carbocycles. The first-order valence-corrected chi connectivity index (χ1v) is 10.8. The van der Waals surface area contributed by atoms with E-state index in [9.17, 15) is 19.7 Å². The average molecular weight is 451 g/mol. The Morgan fingerprint density at radius 2 is 2.06 bits per heavy atom. The van der Waals surface area contributed by atoms with Crippen LogP contribution in [0.1, 0.15) is 30.3 Å². The normalized spacial score (nSPS) is 15.9. The average Bonchev–Trinajstić information content (AvgIpc) is 3.45. The van der Waals surface area contributed by atoms with Crippen molar-refractivity contribution in [1.29, 1.82) is 0 Å². The largest absolute Gasteiger partial charge is 0.466 e. The van der Waals surface area contributed by atoms with Crippen LogP contribution in [0.4, 0.5) is 5.69 Å². The number of benzene rings is 1. The molecule has 2 aromatic heterocycles. The summed E-state index contributed by atoms with van der Waals surface area (Å²) in [6, 6.07) is 11.4. The highest BCUT2D eigenvalue weighted by molar-refractivity contribution is 5.94. The summed E-state index contributed by atoms with van der Waals surface area (Å²) in [4.78, 5) is 38.3. The summed E-state index contributed by atoms with van der Waals surface area (Å²) in [7, 11) is 1.87. The Balaban J connectivity index is 1.73. The summed E-state index contributed by atoms with van der Waals surface area (Å²) in [6.07, 6.45) is 3.23. The number of nitro groups is 1. The van der Waals surface area contributed by atoms with Crippen molar-refractivity contribution < 1.29 is 19.2 Å². The van der Waals surface area contributed by atoms with E-state index in [1.54, 1.807) is 30.0 Å². The number of amides is 1. The molecule has 1 aliphatic heterocycles. The minimum absolute atomic E-state index is 0.0952. The van der Waals surface area contributed by atoms with Crippen molar-refractivity contribution in [2.45, 2.75) is 19.8 Å². The van der Waals surface area contributed by atoms with Gasteiger partial charge in [0, 0.05) is 38.5 Å². The van der Waals surface area contributed by atoms with Gasteiger partial charge < -0.3 is 14.2 Å². The van der Waals surface area contributed by atoms with E-state index in [1.165, 1.54) is 16.8 Å². The third-order valence-electron chi connectivity index (χ3n) is 5.75. The van der Waals surface area contributed by atoms with Crippen LogP contribution >= 0.6 is 0 Å². The molecule has 33 heavy (non-hydrogen) atoms. The SMILES string of the molecule is CCOC(=O)C1CCCN(C(=O)c2cc(-c3cccn3C)nn2-c2cccc([N+](=O)[O-])c2)C1. The second-order valence-corrected chi connectivity index (χ2v) is 7.95. The highest BCUT2D eigenvalue weighted by Gasteiger charge is 2.32. The number of aromatic nitrogens is 3. The van der Waals surface area contributed by atoms with Crippen LogP contribution < -0.4 is 0 Å². The zero-order chi connectivity index (χ0) is 23.5. The van der Waals surface area contributed by atoms with Gasteiger partial charge in [0.1, 0.15) is 11.4 Å². The molecule has 0 spiro atoms. The molecular formula is C23H25N5O5. The Morgan fingerprint density at radius 1 is 1.24 bits per heavy atom. The summed E-state index contributed by atoms with van der Waals surface area (Å²) in [6.45, 7) is 2.82. The van der Waals surface area contributed by atoms with Crippen LogP contribution in [0, 0.1) is 16.0 Å². The highest BCUT2D eigenvalue weighted by atomic mass is 16.6. The van der Waals surface area contributed by atoms with Crippen molar-refractivity contribution in [2.75, 3.05) is 19.7 Å². The molecule has 172 valence electrons. The number of carbonyl (C=O) groups is 2. The number of piperidine rings is 1. The van der Waals surface area contributed by atoms with Gasteiger partial charge >= 0.3 is 5.97 Å². The fraction of sp³-hybridized carbons (Fsp3) is 0.348. The van der Waals surface area contributed by atoms with Crippen molar-refractivity contribution in [3.8, 4) is 17.1 Å². The summed E-state index contributed by atoms with van der Waals surface area (Å²) < 4.78 is 8.47. The first kappa shape index (κ1) is 22.3. The second kappa shape index (κ2) is 9.27. The maximum absolute atomic E-state index is 13.6. The number of carbonyl (C=O) groups excluding carboxylic acids is 2. The quantitative estimate of drug-likeness (QED) is 0.323. The lowest BCUT2D eigenvalue weighted by molar-refractivity contribution is -0.384. The van der Waals surface area contributed by atoms with E-state index in [-0.39, 0.29) is 35.7 Å². The van der Waals surface area contributed by atoms with Crippen molar-refractivity contribution >= 4 is 17.6 Å². The molecule has 1 atom stereocenters. The van der Waals surface area contributed by atoms with Gasteiger partial charge in [-0.15, -0.1) is 0 Å². The molecule has 3 aromatic rings. The van der Waals surface area contributed by atoms with Gasteiger partial charge in [0.15, 0.2) is 0 Å². The molecule has 10 nitrogen and oxygen atoms in total. The standard InChI is InChI=1S/C23H25N5O5/c1-3-33-23(30)16-7-5-12-26(15-16)22(29)21-14-19(20-10-6-11-25(20)2)24-27(21)17-8-4-9-18(13-17)28(31)32/h4,6,8-11,13-14,16H,3,5,7,12,15H2,1-2H3. The van der Waals surface area contributed by atoms with E-state index >= 15 is 0 Å².